The molecule has 0 radical (unpaired) electrons. The molecule has 1 aliphatic heterocycles. The van der Waals surface area contributed by atoms with Crippen LogP contribution in [0.15, 0.2) is 34.6 Å². The quantitative estimate of drug-likeness (QED) is 0.469. The predicted molar refractivity (Wildman–Crippen MR) is 141 cm³/mol. The third-order valence-corrected chi connectivity index (χ3v) is 6.59. The molecule has 35 heavy (non-hydrogen) atoms. The summed E-state index contributed by atoms with van der Waals surface area (Å²) in [6.07, 6.45) is 1.78. The molecule has 2 aromatic carbocycles. The Hall–Kier alpha value is -3.20. The van der Waals surface area contributed by atoms with Gasteiger partial charge in [0.25, 0.3) is 5.91 Å². The number of nitrogens with zero attached hydrogens (tertiary/aromatic N) is 4. The summed E-state index contributed by atoms with van der Waals surface area (Å²) < 4.78 is 11.9. The zero-order valence-corrected chi connectivity index (χ0v) is 22.5. The summed E-state index contributed by atoms with van der Waals surface area (Å²) in [6.45, 7) is 9.32. The monoisotopic (exact) mass is 539 g/mol. The SMILES string of the molecule is CCOc1cc2c(cc1C(=O)NC)/C(=N/Br)N(CC(=O)c1cc(C(C)(C)C)c3ncn(C)c3c1)C2. The van der Waals surface area contributed by atoms with Crippen LogP contribution in [0, 0.1) is 0 Å². The van der Waals surface area contributed by atoms with Gasteiger partial charge >= 0.3 is 0 Å². The third kappa shape index (κ3) is 4.57. The van der Waals surface area contributed by atoms with Gasteiger partial charge in [-0.05, 0) is 47.7 Å². The molecule has 1 amide bonds. The highest BCUT2D eigenvalue weighted by molar-refractivity contribution is 9.08. The number of benzene rings is 2. The average Bonchev–Trinajstić information content (AvgIpc) is 3.35. The number of fused-ring (bicyclic) bond motifs is 2. The van der Waals surface area contributed by atoms with Crippen LogP contribution in [0.1, 0.15) is 65.1 Å². The number of hydrogen-bond donors (Lipinski definition) is 1. The maximum atomic E-state index is 13.5. The number of aromatic nitrogens is 2. The number of imidazole rings is 1. The van der Waals surface area contributed by atoms with Crippen molar-refractivity contribution in [3.8, 4) is 5.75 Å². The van der Waals surface area contributed by atoms with Crippen molar-refractivity contribution in [2.24, 2.45) is 11.1 Å². The van der Waals surface area contributed by atoms with E-state index in [4.69, 9.17) is 4.74 Å². The molecule has 0 spiro atoms. The van der Waals surface area contributed by atoms with Crippen molar-refractivity contribution in [2.75, 3.05) is 20.2 Å². The number of ketones is 1. The number of halogens is 1. The number of hydrogen-bond acceptors (Lipinski definition) is 5. The van der Waals surface area contributed by atoms with E-state index in [9.17, 15) is 9.59 Å². The van der Waals surface area contributed by atoms with Crippen LogP contribution in [-0.2, 0) is 19.0 Å². The lowest BCUT2D eigenvalue weighted by molar-refractivity contribution is 0.0953. The van der Waals surface area contributed by atoms with Crippen LogP contribution in [0.4, 0.5) is 0 Å². The topological polar surface area (TPSA) is 88.8 Å². The van der Waals surface area contributed by atoms with E-state index in [1.807, 2.05) is 41.6 Å². The van der Waals surface area contributed by atoms with Crippen molar-refractivity contribution >= 4 is 44.7 Å². The fraction of sp³-hybridized carbons (Fsp3) is 0.385. The van der Waals surface area contributed by atoms with Gasteiger partial charge in [0, 0.05) is 31.8 Å². The van der Waals surface area contributed by atoms with Crippen LogP contribution >= 0.6 is 16.1 Å². The Kier molecular flexibility index (Phi) is 6.73. The van der Waals surface area contributed by atoms with Gasteiger partial charge in [0.2, 0.25) is 0 Å². The van der Waals surface area contributed by atoms with Gasteiger partial charge in [0.15, 0.2) is 5.78 Å². The molecule has 8 nitrogen and oxygen atoms in total. The number of aryl methyl sites for hydroxylation is 1. The summed E-state index contributed by atoms with van der Waals surface area (Å²) in [7, 11) is 3.52. The van der Waals surface area contributed by atoms with E-state index in [0.29, 0.717) is 35.9 Å². The summed E-state index contributed by atoms with van der Waals surface area (Å²) in [4.78, 5) is 32.5. The number of amidine groups is 1. The van der Waals surface area contributed by atoms with E-state index < -0.39 is 0 Å². The van der Waals surface area contributed by atoms with Crippen molar-refractivity contribution < 1.29 is 14.3 Å². The molecule has 9 heteroatoms. The number of nitrogens with one attached hydrogen (secondary N) is 1. The second-order valence-electron chi connectivity index (χ2n) is 9.70. The van der Waals surface area contributed by atoms with Gasteiger partial charge in [-0.3, -0.25) is 9.59 Å². The Labute approximate surface area is 213 Å². The average molecular weight is 540 g/mol. The zero-order valence-electron chi connectivity index (χ0n) is 20.9. The molecule has 0 unspecified atom stereocenters. The Morgan fingerprint density at radius 3 is 2.60 bits per heavy atom. The Bertz CT molecular complexity index is 1350. The Morgan fingerprint density at radius 2 is 1.97 bits per heavy atom. The number of rotatable bonds is 6. The molecule has 0 saturated heterocycles. The first-order chi connectivity index (χ1) is 16.6. The second kappa shape index (κ2) is 9.45. The molecular formula is C26H30BrN5O3. The van der Waals surface area contributed by atoms with Crippen molar-refractivity contribution in [1.82, 2.24) is 19.8 Å². The number of carbonyl (C=O) groups is 2. The highest BCUT2D eigenvalue weighted by Gasteiger charge is 2.31. The molecule has 0 aliphatic carbocycles. The molecule has 0 fully saturated rings. The maximum absolute atomic E-state index is 13.5. The van der Waals surface area contributed by atoms with Gasteiger partial charge in [-0.25, -0.2) is 4.98 Å². The molecule has 1 aromatic heterocycles. The van der Waals surface area contributed by atoms with Crippen molar-refractivity contribution in [3.63, 3.8) is 0 Å². The van der Waals surface area contributed by atoms with E-state index in [1.165, 1.54) is 0 Å². The highest BCUT2D eigenvalue weighted by Crippen LogP contribution is 2.33. The zero-order chi connectivity index (χ0) is 25.5. The van der Waals surface area contributed by atoms with Gasteiger partial charge in [-0.15, -0.1) is 0 Å². The molecular weight excluding hydrogens is 510 g/mol. The fourth-order valence-corrected chi connectivity index (χ4v) is 4.87. The van der Waals surface area contributed by atoms with E-state index in [2.05, 4.69) is 51.2 Å². The molecule has 4 rings (SSSR count). The maximum Gasteiger partial charge on any atom is 0.254 e. The molecule has 2 heterocycles. The van der Waals surface area contributed by atoms with Crippen LogP contribution < -0.4 is 10.1 Å². The van der Waals surface area contributed by atoms with Crippen LogP contribution in [0.5, 0.6) is 5.75 Å². The first kappa shape index (κ1) is 24.9. The lowest BCUT2D eigenvalue weighted by Gasteiger charge is -2.22. The minimum absolute atomic E-state index is 0.0170. The number of Topliss-reactive ketones (excluding diaryl/α,β-unsaturated/α-hetero) is 1. The molecule has 0 atom stereocenters. The first-order valence-corrected chi connectivity index (χ1v) is 12.2. The Morgan fingerprint density at radius 1 is 1.23 bits per heavy atom. The normalized spacial score (nSPS) is 14.5. The molecule has 3 aromatic rings. The molecule has 184 valence electrons. The van der Waals surface area contributed by atoms with Gasteiger partial charge in [0.1, 0.15) is 11.6 Å². The van der Waals surface area contributed by atoms with Crippen molar-refractivity contribution in [2.45, 2.75) is 39.7 Å². The fourth-order valence-electron chi connectivity index (χ4n) is 4.46. The minimum Gasteiger partial charge on any atom is -0.493 e. The molecule has 1 aliphatic rings. The van der Waals surface area contributed by atoms with Gasteiger partial charge < -0.3 is 19.5 Å². The smallest absolute Gasteiger partial charge is 0.254 e. The summed E-state index contributed by atoms with van der Waals surface area (Å²) in [5.41, 5.74) is 5.53. The number of carbonyl (C=O) groups excluding carboxylic acids is 2. The number of amides is 1. The van der Waals surface area contributed by atoms with E-state index in [0.717, 1.165) is 27.7 Å². The second-order valence-corrected chi connectivity index (χ2v) is 10.1. The van der Waals surface area contributed by atoms with Crippen LogP contribution in [0.25, 0.3) is 11.0 Å². The molecule has 0 bridgehead atoms. The summed E-state index contributed by atoms with van der Waals surface area (Å²) in [6, 6.07) is 7.52. The van der Waals surface area contributed by atoms with Crippen LogP contribution in [0.2, 0.25) is 0 Å². The first-order valence-electron chi connectivity index (χ1n) is 11.5. The Balaban J connectivity index is 1.69. The highest BCUT2D eigenvalue weighted by atomic mass is 79.9. The lowest BCUT2D eigenvalue weighted by atomic mass is 9.84. The van der Waals surface area contributed by atoms with E-state index in [-0.39, 0.29) is 23.7 Å². The largest absolute Gasteiger partial charge is 0.493 e. The van der Waals surface area contributed by atoms with Gasteiger partial charge in [-0.2, -0.15) is 4.02 Å². The summed E-state index contributed by atoms with van der Waals surface area (Å²) >= 11 is 3.23. The van der Waals surface area contributed by atoms with Crippen LogP contribution in [-0.4, -0.2) is 52.2 Å². The summed E-state index contributed by atoms with van der Waals surface area (Å²) in [5.74, 6) is 0.874. The van der Waals surface area contributed by atoms with Crippen molar-refractivity contribution in [1.29, 1.82) is 0 Å². The predicted octanol–water partition coefficient (Wildman–Crippen LogP) is 4.38. The van der Waals surface area contributed by atoms with E-state index in [1.54, 1.807) is 19.4 Å². The molecule has 0 saturated carbocycles. The molecule has 1 N–H and O–H groups in total. The van der Waals surface area contributed by atoms with Gasteiger partial charge in [0.05, 0.1) is 52.2 Å². The minimum atomic E-state index is -0.237. The van der Waals surface area contributed by atoms with Crippen molar-refractivity contribution in [3.05, 3.63) is 58.4 Å². The third-order valence-electron chi connectivity index (χ3n) is 6.25. The number of ether oxygens (including phenoxy) is 1. The van der Waals surface area contributed by atoms with Gasteiger partial charge in [-0.1, -0.05) is 20.8 Å². The lowest BCUT2D eigenvalue weighted by Crippen LogP contribution is -2.31. The van der Waals surface area contributed by atoms with Crippen LogP contribution in [0.3, 0.4) is 0 Å². The summed E-state index contributed by atoms with van der Waals surface area (Å²) in [5, 5.41) is 2.66. The standard InChI is InChI=1S/C26H30BrN5O3/c1-7-35-22-10-16-12-32(24(30-27)17(16)11-18(22)25(34)28-5)13-21(33)15-8-19(26(2,3)4)23-20(9-15)31(6)14-29-23/h8-11,14H,7,12-13H2,1-6H3,(H,28,34)/b30-24-. The van der Waals surface area contributed by atoms with E-state index >= 15 is 0 Å².